The molecular weight excluding hydrogens is 180 g/mol. The largest absolute Gasteiger partial charge is 0.497 e. The van der Waals surface area contributed by atoms with E-state index in [9.17, 15) is 0 Å². The van der Waals surface area contributed by atoms with Crippen LogP contribution in [0, 0.1) is 0 Å². The van der Waals surface area contributed by atoms with Crippen LogP contribution in [0.4, 0.5) is 0 Å². The number of benzene rings is 1. The van der Waals surface area contributed by atoms with E-state index in [0.29, 0.717) is 17.9 Å². The highest BCUT2D eigenvalue weighted by atomic mass is 16.5. The Hall–Kier alpha value is -1.75. The van der Waals surface area contributed by atoms with Crippen molar-refractivity contribution in [3.8, 4) is 5.75 Å². The summed E-state index contributed by atoms with van der Waals surface area (Å²) in [7, 11) is 1.61. The standard InChI is InChI=1S/C9H10N4O/c1-14-6-2-3-7-8(4-6)12-13-9(5-10)11-7/h2-4H,5,10H2,1H3. The molecule has 1 heterocycles. The molecule has 0 fully saturated rings. The van der Waals surface area contributed by atoms with Crippen LogP contribution in [0.25, 0.3) is 11.0 Å². The van der Waals surface area contributed by atoms with Crippen molar-refractivity contribution < 1.29 is 4.74 Å². The van der Waals surface area contributed by atoms with Gasteiger partial charge in [0.1, 0.15) is 11.3 Å². The SMILES string of the molecule is COc1ccc2nc(CN)nnc2c1. The third-order valence-electron chi connectivity index (χ3n) is 1.89. The quantitative estimate of drug-likeness (QED) is 0.746. The van der Waals surface area contributed by atoms with Gasteiger partial charge in [-0.05, 0) is 12.1 Å². The minimum absolute atomic E-state index is 0.301. The normalized spacial score (nSPS) is 10.4. The minimum atomic E-state index is 0.301. The van der Waals surface area contributed by atoms with Crippen molar-refractivity contribution >= 4 is 11.0 Å². The predicted octanol–water partition coefficient (Wildman–Crippen LogP) is 0.492. The zero-order valence-electron chi connectivity index (χ0n) is 7.77. The molecule has 0 atom stereocenters. The fraction of sp³-hybridized carbons (Fsp3) is 0.222. The number of hydrogen-bond acceptors (Lipinski definition) is 5. The first kappa shape index (κ1) is 8.83. The van der Waals surface area contributed by atoms with Crippen LogP contribution in [0.15, 0.2) is 18.2 Å². The van der Waals surface area contributed by atoms with Gasteiger partial charge in [-0.2, -0.15) is 0 Å². The van der Waals surface area contributed by atoms with E-state index >= 15 is 0 Å². The van der Waals surface area contributed by atoms with E-state index in [1.165, 1.54) is 0 Å². The van der Waals surface area contributed by atoms with Gasteiger partial charge < -0.3 is 10.5 Å². The Morgan fingerprint density at radius 3 is 2.86 bits per heavy atom. The van der Waals surface area contributed by atoms with Gasteiger partial charge in [0.25, 0.3) is 0 Å². The molecule has 14 heavy (non-hydrogen) atoms. The molecule has 1 aromatic carbocycles. The average molecular weight is 190 g/mol. The van der Waals surface area contributed by atoms with E-state index in [-0.39, 0.29) is 0 Å². The summed E-state index contributed by atoms with van der Waals surface area (Å²) in [5, 5.41) is 7.85. The van der Waals surface area contributed by atoms with E-state index in [1.54, 1.807) is 13.2 Å². The Morgan fingerprint density at radius 1 is 1.29 bits per heavy atom. The van der Waals surface area contributed by atoms with Gasteiger partial charge in [0.05, 0.1) is 19.2 Å². The molecule has 0 aliphatic rings. The summed E-state index contributed by atoms with van der Waals surface area (Å²) in [6.07, 6.45) is 0. The second-order valence-electron chi connectivity index (χ2n) is 2.79. The maximum Gasteiger partial charge on any atom is 0.165 e. The Morgan fingerprint density at radius 2 is 2.14 bits per heavy atom. The van der Waals surface area contributed by atoms with Gasteiger partial charge in [-0.25, -0.2) is 4.98 Å². The van der Waals surface area contributed by atoms with Crippen molar-refractivity contribution in [2.75, 3.05) is 7.11 Å². The molecule has 0 saturated carbocycles. The first-order valence-electron chi connectivity index (χ1n) is 4.21. The number of nitrogens with two attached hydrogens (primary N) is 1. The molecule has 2 N–H and O–H groups in total. The van der Waals surface area contributed by atoms with Crippen LogP contribution in [0.2, 0.25) is 0 Å². The van der Waals surface area contributed by atoms with E-state index in [0.717, 1.165) is 11.3 Å². The highest BCUT2D eigenvalue weighted by Crippen LogP contribution is 2.16. The number of rotatable bonds is 2. The lowest BCUT2D eigenvalue weighted by atomic mass is 10.3. The van der Waals surface area contributed by atoms with Crippen molar-refractivity contribution in [3.05, 3.63) is 24.0 Å². The molecule has 0 unspecified atom stereocenters. The highest BCUT2D eigenvalue weighted by Gasteiger charge is 2.01. The number of nitrogens with zero attached hydrogens (tertiary/aromatic N) is 3. The topological polar surface area (TPSA) is 73.9 Å². The number of ether oxygens (including phenoxy) is 1. The third kappa shape index (κ3) is 1.49. The molecule has 72 valence electrons. The van der Waals surface area contributed by atoms with E-state index in [2.05, 4.69) is 15.2 Å². The second kappa shape index (κ2) is 3.55. The molecule has 0 amide bonds. The smallest absolute Gasteiger partial charge is 0.165 e. The van der Waals surface area contributed by atoms with E-state index < -0.39 is 0 Å². The van der Waals surface area contributed by atoms with Crippen LogP contribution in [0.3, 0.4) is 0 Å². The van der Waals surface area contributed by atoms with E-state index in [4.69, 9.17) is 10.5 Å². The first-order valence-corrected chi connectivity index (χ1v) is 4.21. The number of methoxy groups -OCH3 is 1. The minimum Gasteiger partial charge on any atom is -0.497 e. The fourth-order valence-corrected chi connectivity index (χ4v) is 1.16. The van der Waals surface area contributed by atoms with Crippen LogP contribution in [0.1, 0.15) is 5.82 Å². The van der Waals surface area contributed by atoms with Gasteiger partial charge in [0.2, 0.25) is 0 Å². The average Bonchev–Trinajstić information content (AvgIpc) is 2.27. The van der Waals surface area contributed by atoms with Gasteiger partial charge in [0, 0.05) is 6.07 Å². The van der Waals surface area contributed by atoms with Crippen LogP contribution in [0.5, 0.6) is 5.75 Å². The third-order valence-corrected chi connectivity index (χ3v) is 1.89. The van der Waals surface area contributed by atoms with Crippen molar-refractivity contribution in [2.24, 2.45) is 5.73 Å². The molecule has 0 saturated heterocycles. The molecule has 0 radical (unpaired) electrons. The van der Waals surface area contributed by atoms with E-state index in [1.807, 2.05) is 12.1 Å². The Bertz CT molecular complexity index is 414. The zero-order chi connectivity index (χ0) is 9.97. The maximum absolute atomic E-state index is 5.41. The lowest BCUT2D eigenvalue weighted by Gasteiger charge is -2.01. The predicted molar refractivity (Wildman–Crippen MR) is 51.8 cm³/mol. The van der Waals surface area contributed by atoms with Gasteiger partial charge in [-0.3, -0.25) is 0 Å². The van der Waals surface area contributed by atoms with Gasteiger partial charge >= 0.3 is 0 Å². The summed E-state index contributed by atoms with van der Waals surface area (Å²) in [5.74, 6) is 1.29. The molecule has 2 aromatic rings. The van der Waals surface area contributed by atoms with Gasteiger partial charge in [-0.15, -0.1) is 10.2 Å². The van der Waals surface area contributed by atoms with Crippen LogP contribution >= 0.6 is 0 Å². The van der Waals surface area contributed by atoms with Crippen molar-refractivity contribution in [2.45, 2.75) is 6.54 Å². The number of aromatic nitrogens is 3. The van der Waals surface area contributed by atoms with Crippen LogP contribution < -0.4 is 10.5 Å². The molecular formula is C9H10N4O. The highest BCUT2D eigenvalue weighted by molar-refractivity contribution is 5.75. The summed E-state index contributed by atoms with van der Waals surface area (Å²) in [5.41, 5.74) is 6.90. The number of hydrogen-bond donors (Lipinski definition) is 1. The molecule has 0 bridgehead atoms. The van der Waals surface area contributed by atoms with Crippen LogP contribution in [-0.2, 0) is 6.54 Å². The zero-order valence-corrected chi connectivity index (χ0v) is 7.77. The lowest BCUT2D eigenvalue weighted by molar-refractivity contribution is 0.415. The monoisotopic (exact) mass is 190 g/mol. The molecule has 0 spiro atoms. The Balaban J connectivity index is 2.57. The molecule has 0 aliphatic carbocycles. The molecule has 2 rings (SSSR count). The van der Waals surface area contributed by atoms with Gasteiger partial charge in [0.15, 0.2) is 5.82 Å². The molecule has 5 nitrogen and oxygen atoms in total. The molecule has 1 aromatic heterocycles. The summed E-state index contributed by atoms with van der Waals surface area (Å²) in [4.78, 5) is 4.21. The number of fused-ring (bicyclic) bond motifs is 1. The molecule has 0 aliphatic heterocycles. The maximum atomic E-state index is 5.41. The summed E-state index contributed by atoms with van der Waals surface area (Å²) in [6.45, 7) is 0.301. The Labute approximate surface area is 80.9 Å². The van der Waals surface area contributed by atoms with Crippen molar-refractivity contribution in [1.82, 2.24) is 15.2 Å². The molecule has 5 heteroatoms. The van der Waals surface area contributed by atoms with Crippen molar-refractivity contribution in [3.63, 3.8) is 0 Å². The fourth-order valence-electron chi connectivity index (χ4n) is 1.16. The first-order chi connectivity index (χ1) is 6.83. The van der Waals surface area contributed by atoms with Crippen molar-refractivity contribution in [1.29, 1.82) is 0 Å². The Kier molecular flexibility index (Phi) is 2.24. The lowest BCUT2D eigenvalue weighted by Crippen LogP contribution is -2.04. The summed E-state index contributed by atoms with van der Waals surface area (Å²) < 4.78 is 5.06. The summed E-state index contributed by atoms with van der Waals surface area (Å²) >= 11 is 0. The summed E-state index contributed by atoms with van der Waals surface area (Å²) in [6, 6.07) is 5.45. The van der Waals surface area contributed by atoms with Crippen LogP contribution in [-0.4, -0.2) is 22.3 Å². The van der Waals surface area contributed by atoms with Gasteiger partial charge in [-0.1, -0.05) is 0 Å². The second-order valence-corrected chi connectivity index (χ2v) is 2.79.